The van der Waals surface area contributed by atoms with E-state index < -0.39 is 0 Å². The molecule has 0 atom stereocenters. The second-order valence-corrected chi connectivity index (χ2v) is 6.46. The van der Waals surface area contributed by atoms with Crippen LogP contribution < -0.4 is 5.73 Å². The molecule has 0 aliphatic heterocycles. The molecule has 0 spiro atoms. The second kappa shape index (κ2) is 8.25. The zero-order chi connectivity index (χ0) is 16.7. The molecule has 2 rings (SSSR count). The van der Waals surface area contributed by atoms with Gasteiger partial charge in [-0.1, -0.05) is 24.3 Å². The number of aryl methyl sites for hydroxylation is 1. The molecule has 23 heavy (non-hydrogen) atoms. The number of rotatable bonds is 7. The van der Waals surface area contributed by atoms with E-state index in [1.54, 1.807) is 0 Å². The number of hydrogen-bond donors (Lipinski definition) is 1. The first-order valence-electron chi connectivity index (χ1n) is 8.55. The van der Waals surface area contributed by atoms with Crippen LogP contribution >= 0.6 is 0 Å². The van der Waals surface area contributed by atoms with E-state index in [9.17, 15) is 9.59 Å². The van der Waals surface area contributed by atoms with Gasteiger partial charge in [0, 0.05) is 6.42 Å². The molecule has 0 amide bonds. The van der Waals surface area contributed by atoms with Crippen molar-refractivity contribution >= 4 is 12.3 Å². The summed E-state index contributed by atoms with van der Waals surface area (Å²) in [7, 11) is 0. The number of ether oxygens (including phenoxy) is 1. The molecule has 126 valence electrons. The van der Waals surface area contributed by atoms with Crippen LogP contribution in [0.15, 0.2) is 24.3 Å². The van der Waals surface area contributed by atoms with Crippen LogP contribution in [0.25, 0.3) is 0 Å². The first kappa shape index (κ1) is 17.7. The summed E-state index contributed by atoms with van der Waals surface area (Å²) in [5.74, 6) is 0.382. The van der Waals surface area contributed by atoms with Gasteiger partial charge in [0.2, 0.25) is 0 Å². The Hall–Kier alpha value is -1.68. The predicted octanol–water partition coefficient (Wildman–Crippen LogP) is 2.77. The van der Waals surface area contributed by atoms with Crippen LogP contribution in [0.1, 0.15) is 50.2 Å². The van der Waals surface area contributed by atoms with Crippen LogP contribution in [0.4, 0.5) is 0 Å². The summed E-state index contributed by atoms with van der Waals surface area (Å²) in [6.45, 7) is 2.94. The van der Waals surface area contributed by atoms with Crippen LogP contribution in [0, 0.1) is 5.92 Å². The van der Waals surface area contributed by atoms with E-state index in [0.29, 0.717) is 31.9 Å². The fourth-order valence-electron chi connectivity index (χ4n) is 3.39. The topological polar surface area (TPSA) is 69.4 Å². The number of nitrogens with two attached hydrogens (primary N) is 1. The van der Waals surface area contributed by atoms with Gasteiger partial charge in [0.15, 0.2) is 0 Å². The Balaban J connectivity index is 2.00. The molecule has 1 aliphatic carbocycles. The maximum Gasteiger partial charge on any atom is 0.306 e. The highest BCUT2D eigenvalue weighted by Gasteiger charge is 2.36. The molecule has 0 radical (unpaired) electrons. The molecule has 0 saturated heterocycles. The van der Waals surface area contributed by atoms with Crippen molar-refractivity contribution < 1.29 is 14.3 Å². The molecule has 0 heterocycles. The van der Waals surface area contributed by atoms with E-state index in [-0.39, 0.29) is 11.4 Å². The van der Waals surface area contributed by atoms with Gasteiger partial charge < -0.3 is 15.3 Å². The Morgan fingerprint density at radius 2 is 1.96 bits per heavy atom. The monoisotopic (exact) mass is 317 g/mol. The van der Waals surface area contributed by atoms with Crippen molar-refractivity contribution in [3.63, 3.8) is 0 Å². The quantitative estimate of drug-likeness (QED) is 0.620. The van der Waals surface area contributed by atoms with Crippen LogP contribution in [-0.2, 0) is 26.2 Å². The highest BCUT2D eigenvalue weighted by Crippen LogP contribution is 2.40. The lowest BCUT2D eigenvalue weighted by Crippen LogP contribution is -2.35. The molecule has 0 bridgehead atoms. The third kappa shape index (κ3) is 4.41. The zero-order valence-corrected chi connectivity index (χ0v) is 13.9. The Morgan fingerprint density at radius 3 is 2.48 bits per heavy atom. The summed E-state index contributed by atoms with van der Waals surface area (Å²) in [4.78, 5) is 23.2. The van der Waals surface area contributed by atoms with Crippen LogP contribution in [0.2, 0.25) is 0 Å². The van der Waals surface area contributed by atoms with Crippen molar-refractivity contribution in [2.24, 2.45) is 11.7 Å². The van der Waals surface area contributed by atoms with E-state index >= 15 is 0 Å². The Bertz CT molecular complexity index is 516. The molecule has 1 aromatic rings. The standard InChI is InChI=1S/C19H27NO3/c1-2-23-18(22)8-5-15-3-6-17(7-4-15)19(14-21)11-9-16(13-20)10-12-19/h3-4,6-7,14,16H,2,5,8-13,20H2,1H3. The van der Waals surface area contributed by atoms with Crippen molar-refractivity contribution in [2.75, 3.05) is 13.2 Å². The SMILES string of the molecule is CCOC(=O)CCc1ccc(C2(C=O)CCC(CN)CC2)cc1. The van der Waals surface area contributed by atoms with Crippen LogP contribution in [0.3, 0.4) is 0 Å². The first-order valence-corrected chi connectivity index (χ1v) is 8.55. The highest BCUT2D eigenvalue weighted by atomic mass is 16.5. The molecule has 0 aromatic heterocycles. The van der Waals surface area contributed by atoms with Gasteiger partial charge in [0.1, 0.15) is 6.29 Å². The third-order valence-corrected chi connectivity index (χ3v) is 5.01. The van der Waals surface area contributed by atoms with E-state index in [0.717, 1.165) is 43.1 Å². The minimum Gasteiger partial charge on any atom is -0.466 e. The van der Waals surface area contributed by atoms with Gasteiger partial charge in [-0.05, 0) is 62.6 Å². The summed E-state index contributed by atoms with van der Waals surface area (Å²) in [5.41, 5.74) is 7.57. The molecule has 1 aromatic carbocycles. The van der Waals surface area contributed by atoms with E-state index in [4.69, 9.17) is 10.5 Å². The van der Waals surface area contributed by atoms with E-state index in [1.165, 1.54) is 0 Å². The lowest BCUT2D eigenvalue weighted by molar-refractivity contribution is -0.143. The minimum atomic E-state index is -0.356. The number of aldehydes is 1. The van der Waals surface area contributed by atoms with Crippen molar-refractivity contribution in [1.29, 1.82) is 0 Å². The lowest BCUT2D eigenvalue weighted by atomic mass is 9.67. The molecule has 4 nitrogen and oxygen atoms in total. The van der Waals surface area contributed by atoms with Gasteiger partial charge in [-0.2, -0.15) is 0 Å². The molecule has 1 aliphatic rings. The van der Waals surface area contributed by atoms with Gasteiger partial charge in [0.05, 0.1) is 12.0 Å². The summed E-state index contributed by atoms with van der Waals surface area (Å²) in [6.07, 6.45) is 5.96. The molecular formula is C19H27NO3. The largest absolute Gasteiger partial charge is 0.466 e. The highest BCUT2D eigenvalue weighted by molar-refractivity contribution is 5.70. The number of esters is 1. The summed E-state index contributed by atoms with van der Waals surface area (Å²) < 4.78 is 4.94. The van der Waals surface area contributed by atoms with Crippen molar-refractivity contribution in [3.05, 3.63) is 35.4 Å². The molecule has 2 N–H and O–H groups in total. The molecule has 1 fully saturated rings. The van der Waals surface area contributed by atoms with Crippen molar-refractivity contribution in [2.45, 2.75) is 50.9 Å². The number of carbonyl (C=O) groups is 2. The van der Waals surface area contributed by atoms with E-state index in [2.05, 4.69) is 0 Å². The number of hydrogen-bond acceptors (Lipinski definition) is 4. The molecule has 0 unspecified atom stereocenters. The smallest absolute Gasteiger partial charge is 0.306 e. The summed E-state index contributed by atoms with van der Waals surface area (Å²) >= 11 is 0. The third-order valence-electron chi connectivity index (χ3n) is 5.01. The van der Waals surface area contributed by atoms with Crippen LogP contribution in [0.5, 0.6) is 0 Å². The molecular weight excluding hydrogens is 290 g/mol. The fourth-order valence-corrected chi connectivity index (χ4v) is 3.39. The van der Waals surface area contributed by atoms with Crippen molar-refractivity contribution in [1.82, 2.24) is 0 Å². The van der Waals surface area contributed by atoms with Crippen LogP contribution in [-0.4, -0.2) is 25.4 Å². The second-order valence-electron chi connectivity index (χ2n) is 6.46. The van der Waals surface area contributed by atoms with Gasteiger partial charge in [0.25, 0.3) is 0 Å². The fraction of sp³-hybridized carbons (Fsp3) is 0.579. The minimum absolute atomic E-state index is 0.166. The number of benzene rings is 1. The van der Waals surface area contributed by atoms with Gasteiger partial charge in [-0.15, -0.1) is 0 Å². The first-order chi connectivity index (χ1) is 11.1. The molecule has 4 heteroatoms. The normalized spacial score (nSPS) is 24.2. The van der Waals surface area contributed by atoms with Gasteiger partial charge in [-0.25, -0.2) is 0 Å². The summed E-state index contributed by atoms with van der Waals surface area (Å²) in [5, 5.41) is 0. The predicted molar refractivity (Wildman–Crippen MR) is 90.2 cm³/mol. The van der Waals surface area contributed by atoms with Gasteiger partial charge in [-0.3, -0.25) is 4.79 Å². The average molecular weight is 317 g/mol. The maximum atomic E-state index is 11.8. The maximum absolute atomic E-state index is 11.8. The lowest BCUT2D eigenvalue weighted by Gasteiger charge is -2.36. The summed E-state index contributed by atoms with van der Waals surface area (Å²) in [6, 6.07) is 8.12. The van der Waals surface area contributed by atoms with E-state index in [1.807, 2.05) is 31.2 Å². The zero-order valence-electron chi connectivity index (χ0n) is 13.9. The van der Waals surface area contributed by atoms with Crippen molar-refractivity contribution in [3.8, 4) is 0 Å². The Morgan fingerprint density at radius 1 is 1.30 bits per heavy atom. The van der Waals surface area contributed by atoms with Gasteiger partial charge >= 0.3 is 5.97 Å². The Labute approximate surface area is 138 Å². The number of carbonyl (C=O) groups excluding carboxylic acids is 2. The average Bonchev–Trinajstić information content (AvgIpc) is 2.61. The Kier molecular flexibility index (Phi) is 6.34. The molecule has 1 saturated carbocycles.